The second kappa shape index (κ2) is 11.3. The van der Waals surface area contributed by atoms with Gasteiger partial charge < -0.3 is 19.7 Å². The van der Waals surface area contributed by atoms with Crippen molar-refractivity contribution < 1.29 is 32.2 Å². The molecule has 1 fully saturated rings. The van der Waals surface area contributed by atoms with Crippen LogP contribution in [-0.2, 0) is 28.7 Å². The Morgan fingerprint density at radius 3 is 2.50 bits per heavy atom. The summed E-state index contributed by atoms with van der Waals surface area (Å²) in [6.07, 6.45) is -3.82. The molecule has 2 aromatic carbocycles. The number of rotatable bonds is 10. The summed E-state index contributed by atoms with van der Waals surface area (Å²) in [5.74, 6) is 0.307. The van der Waals surface area contributed by atoms with E-state index in [9.17, 15) is 22.8 Å². The summed E-state index contributed by atoms with van der Waals surface area (Å²) < 4.78 is 50.0. The van der Waals surface area contributed by atoms with Crippen molar-refractivity contribution in [3.63, 3.8) is 0 Å². The van der Waals surface area contributed by atoms with E-state index in [0.717, 1.165) is 17.7 Å². The lowest BCUT2D eigenvalue weighted by molar-refractivity contribution is -0.137. The third-order valence-electron chi connectivity index (χ3n) is 5.53. The highest BCUT2D eigenvalue weighted by molar-refractivity contribution is 5.89. The van der Waals surface area contributed by atoms with Crippen molar-refractivity contribution in [3.8, 4) is 11.5 Å². The van der Waals surface area contributed by atoms with Crippen molar-refractivity contribution in [2.24, 2.45) is 5.92 Å². The van der Waals surface area contributed by atoms with Crippen LogP contribution in [0.2, 0.25) is 0 Å². The third kappa shape index (κ3) is 6.65. The number of nitrogens with one attached hydrogen (secondary N) is 1. The van der Waals surface area contributed by atoms with Gasteiger partial charge in [0.15, 0.2) is 11.5 Å². The molecule has 6 nitrogen and oxygen atoms in total. The molecule has 184 valence electrons. The average molecular weight is 479 g/mol. The predicted octanol–water partition coefficient (Wildman–Crippen LogP) is 4.21. The van der Waals surface area contributed by atoms with Crippen LogP contribution in [0.3, 0.4) is 0 Å². The Morgan fingerprint density at radius 1 is 1.06 bits per heavy atom. The lowest BCUT2D eigenvalue weighted by Gasteiger charge is -2.18. The second-order valence-corrected chi connectivity index (χ2v) is 8.06. The molecule has 0 radical (unpaired) electrons. The van der Waals surface area contributed by atoms with E-state index in [0.29, 0.717) is 43.2 Å². The third-order valence-corrected chi connectivity index (χ3v) is 5.53. The van der Waals surface area contributed by atoms with Gasteiger partial charge >= 0.3 is 6.18 Å². The van der Waals surface area contributed by atoms with Crippen LogP contribution in [0.4, 0.5) is 13.2 Å². The summed E-state index contributed by atoms with van der Waals surface area (Å²) in [7, 11) is 0. The zero-order valence-electron chi connectivity index (χ0n) is 19.3. The number of likely N-dealkylation sites (tertiary alicyclic amines) is 1. The summed E-state index contributed by atoms with van der Waals surface area (Å²) in [4.78, 5) is 26.4. The number of hydrogen-bond acceptors (Lipinski definition) is 4. The summed E-state index contributed by atoms with van der Waals surface area (Å²) in [5, 5.41) is 2.86. The molecule has 1 saturated heterocycles. The van der Waals surface area contributed by atoms with E-state index >= 15 is 0 Å². The zero-order valence-corrected chi connectivity index (χ0v) is 19.3. The van der Waals surface area contributed by atoms with Crippen molar-refractivity contribution in [2.75, 3.05) is 26.3 Å². The van der Waals surface area contributed by atoms with Gasteiger partial charge in [-0.1, -0.05) is 18.2 Å². The van der Waals surface area contributed by atoms with Crippen LogP contribution < -0.4 is 14.8 Å². The molecule has 0 aromatic heterocycles. The molecule has 2 aromatic rings. The molecule has 0 aliphatic carbocycles. The number of hydrogen-bond donors (Lipinski definition) is 1. The van der Waals surface area contributed by atoms with Crippen LogP contribution in [0, 0.1) is 5.92 Å². The van der Waals surface area contributed by atoms with Crippen molar-refractivity contribution in [1.29, 1.82) is 0 Å². The fraction of sp³-hybridized carbons (Fsp3) is 0.440. The quantitative estimate of drug-likeness (QED) is 0.556. The first-order chi connectivity index (χ1) is 16.2. The lowest BCUT2D eigenvalue weighted by Crippen LogP contribution is -2.34. The van der Waals surface area contributed by atoms with Gasteiger partial charge in [-0.3, -0.25) is 9.59 Å². The smallest absolute Gasteiger partial charge is 0.416 e. The van der Waals surface area contributed by atoms with Gasteiger partial charge in [0.1, 0.15) is 0 Å². The van der Waals surface area contributed by atoms with E-state index in [1.807, 2.05) is 32.0 Å². The van der Waals surface area contributed by atoms with Crippen molar-refractivity contribution in [3.05, 3.63) is 59.2 Å². The maximum Gasteiger partial charge on any atom is 0.416 e. The lowest BCUT2D eigenvalue weighted by atomic mass is 10.1. The number of carbonyl (C=O) groups excluding carboxylic acids is 2. The van der Waals surface area contributed by atoms with Crippen LogP contribution in [0.1, 0.15) is 37.0 Å². The maximum atomic E-state index is 12.9. The second-order valence-electron chi connectivity index (χ2n) is 8.06. The van der Waals surface area contributed by atoms with Crippen molar-refractivity contribution in [1.82, 2.24) is 10.2 Å². The maximum absolute atomic E-state index is 12.9. The van der Waals surface area contributed by atoms with Crippen molar-refractivity contribution in [2.45, 2.75) is 39.4 Å². The summed E-state index contributed by atoms with van der Waals surface area (Å²) in [6.45, 7) is 5.43. The van der Waals surface area contributed by atoms with Gasteiger partial charge in [-0.2, -0.15) is 13.2 Å². The molecule has 0 saturated carbocycles. The predicted molar refractivity (Wildman–Crippen MR) is 120 cm³/mol. The summed E-state index contributed by atoms with van der Waals surface area (Å²) in [5.41, 5.74) is 0.596. The average Bonchev–Trinajstić information content (AvgIpc) is 3.15. The molecule has 34 heavy (non-hydrogen) atoms. The number of benzene rings is 2. The highest BCUT2D eigenvalue weighted by Gasteiger charge is 2.35. The monoisotopic (exact) mass is 478 g/mol. The molecule has 1 unspecified atom stereocenters. The molecule has 0 bridgehead atoms. The Kier molecular flexibility index (Phi) is 8.41. The minimum atomic E-state index is -4.44. The van der Waals surface area contributed by atoms with Gasteiger partial charge in [0.2, 0.25) is 11.8 Å². The van der Waals surface area contributed by atoms with Crippen LogP contribution in [-0.4, -0.2) is 43.0 Å². The number of carbonyl (C=O) groups is 2. The van der Waals surface area contributed by atoms with E-state index < -0.39 is 17.7 Å². The Morgan fingerprint density at radius 2 is 1.79 bits per heavy atom. The van der Waals surface area contributed by atoms with Crippen LogP contribution in [0.25, 0.3) is 0 Å². The Balaban J connectivity index is 1.52. The molecule has 1 N–H and O–H groups in total. The largest absolute Gasteiger partial charge is 0.490 e. The minimum absolute atomic E-state index is 0.0406. The standard InChI is InChI=1S/C25H29F3N2O4/c1-3-33-21-9-8-17(13-22(21)34-4-2)10-11-29-24(32)19-14-23(31)30(16-19)15-18-6-5-7-20(12-18)25(26,27)28/h5-9,12-13,19H,3-4,10-11,14-16H2,1-2H3,(H,29,32). The first-order valence-electron chi connectivity index (χ1n) is 11.3. The highest BCUT2D eigenvalue weighted by Crippen LogP contribution is 2.31. The van der Waals surface area contributed by atoms with Gasteiger partial charge in [0, 0.05) is 26.1 Å². The Hall–Kier alpha value is -3.23. The molecular formula is C25H29F3N2O4. The number of halogens is 3. The highest BCUT2D eigenvalue weighted by atomic mass is 19.4. The fourth-order valence-corrected chi connectivity index (χ4v) is 3.89. The molecular weight excluding hydrogens is 449 g/mol. The number of amides is 2. The van der Waals surface area contributed by atoms with Gasteiger partial charge in [-0.15, -0.1) is 0 Å². The number of ether oxygens (including phenoxy) is 2. The SMILES string of the molecule is CCOc1ccc(CCNC(=O)C2CC(=O)N(Cc3cccc(C(F)(F)F)c3)C2)cc1OCC. The molecule has 1 atom stereocenters. The van der Waals surface area contributed by atoms with E-state index in [2.05, 4.69) is 5.32 Å². The first-order valence-corrected chi connectivity index (χ1v) is 11.3. The molecule has 9 heteroatoms. The molecule has 3 rings (SSSR count). The zero-order chi connectivity index (χ0) is 24.7. The van der Waals surface area contributed by atoms with Gasteiger partial charge in [0.05, 0.1) is 24.7 Å². The summed E-state index contributed by atoms with van der Waals surface area (Å²) in [6, 6.07) is 10.5. The van der Waals surface area contributed by atoms with E-state index in [4.69, 9.17) is 9.47 Å². The Bertz CT molecular complexity index is 1010. The molecule has 1 aliphatic heterocycles. The topological polar surface area (TPSA) is 67.9 Å². The van der Waals surface area contributed by atoms with Gasteiger partial charge in [0.25, 0.3) is 0 Å². The van der Waals surface area contributed by atoms with Crippen LogP contribution >= 0.6 is 0 Å². The molecule has 2 amide bonds. The first kappa shape index (κ1) is 25.4. The Labute approximate surface area is 197 Å². The number of alkyl halides is 3. The molecule has 1 heterocycles. The summed E-state index contributed by atoms with van der Waals surface area (Å²) >= 11 is 0. The minimum Gasteiger partial charge on any atom is -0.490 e. The fourth-order valence-electron chi connectivity index (χ4n) is 3.89. The molecule has 0 spiro atoms. The van der Waals surface area contributed by atoms with Gasteiger partial charge in [-0.05, 0) is 55.7 Å². The van der Waals surface area contributed by atoms with E-state index in [1.54, 1.807) is 6.07 Å². The normalized spacial score (nSPS) is 16.0. The number of nitrogens with zero attached hydrogens (tertiary/aromatic N) is 1. The van der Waals surface area contributed by atoms with E-state index in [-0.39, 0.29) is 31.3 Å². The van der Waals surface area contributed by atoms with E-state index in [1.165, 1.54) is 11.0 Å². The van der Waals surface area contributed by atoms with Crippen LogP contribution in [0.5, 0.6) is 11.5 Å². The van der Waals surface area contributed by atoms with Crippen molar-refractivity contribution >= 4 is 11.8 Å². The van der Waals surface area contributed by atoms with Crippen LogP contribution in [0.15, 0.2) is 42.5 Å². The molecule has 1 aliphatic rings. The van der Waals surface area contributed by atoms with Gasteiger partial charge in [-0.25, -0.2) is 0 Å².